The minimum absolute atomic E-state index is 0.104. The van der Waals surface area contributed by atoms with Crippen molar-refractivity contribution in [3.05, 3.63) is 32.8 Å². The molecule has 1 aromatic carbocycles. The van der Waals surface area contributed by atoms with E-state index in [1.165, 1.54) is 12.1 Å². The Morgan fingerprint density at radius 3 is 2.60 bits per heavy atom. The third-order valence-electron chi connectivity index (χ3n) is 2.56. The smallest absolute Gasteiger partial charge is 0.274 e. The predicted molar refractivity (Wildman–Crippen MR) is 79.7 cm³/mol. The van der Waals surface area contributed by atoms with Crippen molar-refractivity contribution < 1.29 is 18.1 Å². The number of rotatable bonds is 7. The molecule has 1 aromatic rings. The Morgan fingerprint density at radius 2 is 2.10 bits per heavy atom. The Morgan fingerprint density at radius 1 is 1.45 bits per heavy atom. The Kier molecular flexibility index (Phi) is 6.22. The van der Waals surface area contributed by atoms with Crippen LogP contribution in [0.15, 0.2) is 22.7 Å². The van der Waals surface area contributed by atoms with Crippen molar-refractivity contribution in [2.75, 3.05) is 12.4 Å². The molecule has 0 radical (unpaired) electrons. The van der Waals surface area contributed by atoms with Crippen LogP contribution in [-0.4, -0.2) is 25.7 Å². The lowest BCUT2D eigenvalue weighted by molar-refractivity contribution is -0.385. The summed E-state index contributed by atoms with van der Waals surface area (Å²) in [6.45, 7) is 1.94. The lowest BCUT2D eigenvalue weighted by Crippen LogP contribution is -2.19. The van der Waals surface area contributed by atoms with Crippen LogP contribution in [0.2, 0.25) is 0 Å². The van der Waals surface area contributed by atoms with Crippen LogP contribution in [0.5, 0.6) is 5.75 Å². The number of hydrogen-bond acceptors (Lipinski definition) is 5. The molecule has 0 spiro atoms. The van der Waals surface area contributed by atoms with Crippen LogP contribution < -0.4 is 4.74 Å². The Hall–Kier alpha value is -0.860. The van der Waals surface area contributed by atoms with E-state index in [9.17, 15) is 18.5 Å². The molecule has 0 heterocycles. The van der Waals surface area contributed by atoms with Crippen LogP contribution in [0.25, 0.3) is 0 Å². The Labute approximate surface area is 129 Å². The van der Waals surface area contributed by atoms with Gasteiger partial charge in [-0.15, -0.1) is 0 Å². The highest BCUT2D eigenvalue weighted by Gasteiger charge is 2.17. The molecule has 0 aliphatic heterocycles. The maximum atomic E-state index is 11.0. The molecule has 0 N–H and O–H groups in total. The number of benzene rings is 1. The van der Waals surface area contributed by atoms with Gasteiger partial charge in [-0.3, -0.25) is 10.1 Å². The van der Waals surface area contributed by atoms with E-state index in [1.807, 2.05) is 6.92 Å². The van der Waals surface area contributed by atoms with E-state index in [0.29, 0.717) is 16.6 Å². The van der Waals surface area contributed by atoms with Crippen molar-refractivity contribution in [3.63, 3.8) is 0 Å². The number of nitrogens with zero attached hydrogens (tertiary/aromatic N) is 1. The van der Waals surface area contributed by atoms with Crippen LogP contribution in [0.4, 0.5) is 5.69 Å². The largest absolute Gasteiger partial charge is 0.493 e. The zero-order valence-corrected chi connectivity index (χ0v) is 13.7. The van der Waals surface area contributed by atoms with Crippen molar-refractivity contribution in [3.8, 4) is 5.75 Å². The summed E-state index contributed by atoms with van der Waals surface area (Å²) in [4.78, 5) is 10.2. The van der Waals surface area contributed by atoms with Gasteiger partial charge in [0.15, 0.2) is 0 Å². The first-order valence-corrected chi connectivity index (χ1v) is 8.98. The molecule has 6 nitrogen and oxygen atoms in total. The fraction of sp³-hybridized carbons (Fsp3) is 0.455. The second-order valence-corrected chi connectivity index (χ2v) is 7.93. The summed E-state index contributed by atoms with van der Waals surface area (Å²) in [6.07, 6.45) is 0.571. The predicted octanol–water partition coefficient (Wildman–Crippen LogP) is 3.33. The Balaban J connectivity index is 2.76. The number of halogens is 2. The van der Waals surface area contributed by atoms with E-state index in [-0.39, 0.29) is 24.0 Å². The number of ether oxygens (including phenoxy) is 1. The maximum absolute atomic E-state index is 11.0. The molecule has 0 fully saturated rings. The van der Waals surface area contributed by atoms with Crippen LogP contribution in [0, 0.1) is 16.0 Å². The van der Waals surface area contributed by atoms with Gasteiger partial charge in [0.25, 0.3) is 5.69 Å². The summed E-state index contributed by atoms with van der Waals surface area (Å²) in [5.74, 6) is -0.159. The molecule has 1 unspecified atom stereocenters. The van der Waals surface area contributed by atoms with Crippen molar-refractivity contribution in [2.24, 2.45) is 5.92 Å². The molecular formula is C11H13BrClNO5S. The fourth-order valence-corrected chi connectivity index (χ4v) is 3.41. The summed E-state index contributed by atoms with van der Waals surface area (Å²) in [5, 5.41) is 10.7. The molecular weight excluding hydrogens is 374 g/mol. The van der Waals surface area contributed by atoms with E-state index in [4.69, 9.17) is 15.4 Å². The molecule has 1 rings (SSSR count). The third kappa shape index (κ3) is 6.06. The molecule has 0 saturated carbocycles. The lowest BCUT2D eigenvalue weighted by Gasteiger charge is -2.14. The van der Waals surface area contributed by atoms with E-state index in [2.05, 4.69) is 15.9 Å². The van der Waals surface area contributed by atoms with Crippen molar-refractivity contribution in [2.45, 2.75) is 13.3 Å². The van der Waals surface area contributed by atoms with Gasteiger partial charge in [0.05, 0.1) is 23.3 Å². The quantitative estimate of drug-likeness (QED) is 0.407. The van der Waals surface area contributed by atoms with Crippen LogP contribution >= 0.6 is 26.6 Å². The van der Waals surface area contributed by atoms with Crippen LogP contribution in [0.3, 0.4) is 0 Å². The van der Waals surface area contributed by atoms with Gasteiger partial charge < -0.3 is 4.74 Å². The Bertz CT molecular complexity index is 592. The second kappa shape index (κ2) is 7.24. The van der Waals surface area contributed by atoms with Crippen LogP contribution in [-0.2, 0) is 9.05 Å². The number of nitro benzene ring substituents is 1. The van der Waals surface area contributed by atoms with Gasteiger partial charge in [-0.05, 0) is 12.5 Å². The van der Waals surface area contributed by atoms with Crippen molar-refractivity contribution in [1.82, 2.24) is 0 Å². The average Bonchev–Trinajstić information content (AvgIpc) is 2.32. The average molecular weight is 387 g/mol. The van der Waals surface area contributed by atoms with Gasteiger partial charge in [-0.1, -0.05) is 22.9 Å². The number of non-ortho nitro benzene ring substituents is 1. The number of hydrogen-bond donors (Lipinski definition) is 0. The highest BCUT2D eigenvalue weighted by atomic mass is 79.9. The summed E-state index contributed by atoms with van der Waals surface area (Å²) >= 11 is 3.15. The van der Waals surface area contributed by atoms with E-state index < -0.39 is 14.0 Å². The van der Waals surface area contributed by atoms with Gasteiger partial charge in [0.1, 0.15) is 5.75 Å². The minimum Gasteiger partial charge on any atom is -0.493 e. The molecule has 9 heteroatoms. The first-order chi connectivity index (χ1) is 9.21. The molecule has 0 amide bonds. The van der Waals surface area contributed by atoms with Crippen LogP contribution in [0.1, 0.15) is 13.3 Å². The van der Waals surface area contributed by atoms with Gasteiger partial charge in [0.2, 0.25) is 9.05 Å². The highest BCUT2D eigenvalue weighted by Crippen LogP contribution is 2.26. The van der Waals surface area contributed by atoms with Gasteiger partial charge in [-0.2, -0.15) is 0 Å². The van der Waals surface area contributed by atoms with Gasteiger partial charge in [0, 0.05) is 27.1 Å². The van der Waals surface area contributed by atoms with Crippen molar-refractivity contribution in [1.29, 1.82) is 0 Å². The van der Waals surface area contributed by atoms with E-state index in [0.717, 1.165) is 0 Å². The summed E-state index contributed by atoms with van der Waals surface area (Å²) < 4.78 is 28.0. The summed E-state index contributed by atoms with van der Waals surface area (Å²) in [7, 11) is 1.61. The molecule has 112 valence electrons. The minimum atomic E-state index is -3.59. The molecule has 0 aromatic heterocycles. The molecule has 20 heavy (non-hydrogen) atoms. The first-order valence-electron chi connectivity index (χ1n) is 5.71. The van der Waals surface area contributed by atoms with Gasteiger partial charge in [-0.25, -0.2) is 8.42 Å². The normalized spacial score (nSPS) is 12.9. The van der Waals surface area contributed by atoms with E-state index in [1.54, 1.807) is 6.07 Å². The summed E-state index contributed by atoms with van der Waals surface area (Å²) in [5.41, 5.74) is -0.104. The highest BCUT2D eigenvalue weighted by molar-refractivity contribution is 9.10. The zero-order chi connectivity index (χ0) is 15.3. The summed E-state index contributed by atoms with van der Waals surface area (Å²) in [6, 6.07) is 4.22. The topological polar surface area (TPSA) is 86.5 Å². The monoisotopic (exact) mass is 385 g/mol. The SMILES string of the molecule is CCC(COc1cc(Br)cc([N+](=O)[O-])c1)CS(=O)(=O)Cl. The molecule has 1 atom stereocenters. The zero-order valence-electron chi connectivity index (χ0n) is 10.6. The second-order valence-electron chi connectivity index (χ2n) is 4.19. The fourth-order valence-electron chi connectivity index (χ4n) is 1.52. The standard InChI is InChI=1S/C11H13BrClNO5S/c1-2-8(7-20(13,17)18)6-19-11-4-9(12)3-10(5-11)14(15)16/h3-5,8H,2,6-7H2,1H3. The molecule has 0 bridgehead atoms. The third-order valence-corrected chi connectivity index (χ3v) is 4.27. The maximum Gasteiger partial charge on any atom is 0.274 e. The lowest BCUT2D eigenvalue weighted by atomic mass is 10.1. The molecule has 0 aliphatic carbocycles. The molecule has 0 saturated heterocycles. The first kappa shape index (κ1) is 17.2. The van der Waals surface area contributed by atoms with Gasteiger partial charge >= 0.3 is 0 Å². The number of nitro groups is 1. The van der Waals surface area contributed by atoms with Crippen molar-refractivity contribution >= 4 is 41.4 Å². The van der Waals surface area contributed by atoms with E-state index >= 15 is 0 Å². The molecule has 0 aliphatic rings.